The van der Waals surface area contributed by atoms with Crippen molar-refractivity contribution in [2.45, 2.75) is 0 Å². The van der Waals surface area contributed by atoms with E-state index in [1.807, 2.05) is 0 Å². The first-order chi connectivity index (χ1) is 6.56. The average molecular weight is 234 g/mol. The minimum atomic E-state index is -1.04. The fraction of sp³-hybridized carbons (Fsp3) is 0.333. The lowest BCUT2D eigenvalue weighted by molar-refractivity contribution is -0.134. The summed E-state index contributed by atoms with van der Waals surface area (Å²) in [6.45, 7) is 0. The Bertz CT molecular complexity index is 277. The molecule has 2 N–H and O–H groups in total. The molecule has 0 rings (SSSR count). The molecule has 0 unspecified atom stereocenters. The first kappa shape index (κ1) is 12.8. The van der Waals surface area contributed by atoms with Crippen molar-refractivity contribution in [2.75, 3.05) is 11.5 Å². The van der Waals surface area contributed by atoms with Crippen LogP contribution in [-0.2, 0) is 9.59 Å². The summed E-state index contributed by atoms with van der Waals surface area (Å²) < 4.78 is 0.150. The lowest BCUT2D eigenvalue weighted by Gasteiger charge is -1.98. The Morgan fingerprint density at radius 2 is 1.64 bits per heavy atom. The molecule has 6 nitrogen and oxygen atoms in total. The van der Waals surface area contributed by atoms with Crippen molar-refractivity contribution in [2.24, 2.45) is 4.99 Å². The standard InChI is InChI=1S/C6H6N2O4S2/c7-3-8-6(13-1-4(9)10)14-2-5(11)12/h1-2H2,(H,9,10)(H,11,12). The average Bonchev–Trinajstić information content (AvgIpc) is 2.09. The van der Waals surface area contributed by atoms with Crippen LogP contribution in [0.15, 0.2) is 4.99 Å². The van der Waals surface area contributed by atoms with E-state index < -0.39 is 11.9 Å². The second kappa shape index (κ2) is 7.23. The van der Waals surface area contributed by atoms with Gasteiger partial charge in [-0.2, -0.15) is 10.3 Å². The maximum Gasteiger partial charge on any atom is 0.313 e. The van der Waals surface area contributed by atoms with E-state index in [4.69, 9.17) is 15.5 Å². The quantitative estimate of drug-likeness (QED) is 0.413. The van der Waals surface area contributed by atoms with Crippen molar-refractivity contribution in [3.8, 4) is 6.19 Å². The van der Waals surface area contributed by atoms with Gasteiger partial charge in [-0.1, -0.05) is 23.5 Å². The maximum absolute atomic E-state index is 10.2. The van der Waals surface area contributed by atoms with Gasteiger partial charge in [-0.15, -0.1) is 0 Å². The summed E-state index contributed by atoms with van der Waals surface area (Å²) in [5.41, 5.74) is 0. The van der Waals surface area contributed by atoms with E-state index >= 15 is 0 Å². The predicted octanol–water partition coefficient (Wildman–Crippen LogP) is 0.459. The van der Waals surface area contributed by atoms with Crippen LogP contribution >= 0.6 is 23.5 Å². The normalized spacial score (nSPS) is 8.79. The first-order valence-electron chi connectivity index (χ1n) is 3.22. The van der Waals surface area contributed by atoms with E-state index in [1.54, 1.807) is 0 Å². The molecule has 0 bridgehead atoms. The topological polar surface area (TPSA) is 111 Å². The third-order valence-corrected chi connectivity index (χ3v) is 2.95. The van der Waals surface area contributed by atoms with Crippen LogP contribution in [0.5, 0.6) is 0 Å². The number of hydrogen-bond acceptors (Lipinski definition) is 6. The highest BCUT2D eigenvalue weighted by molar-refractivity contribution is 8.39. The molecule has 0 amide bonds. The van der Waals surface area contributed by atoms with Gasteiger partial charge < -0.3 is 10.2 Å². The van der Waals surface area contributed by atoms with Crippen LogP contribution in [0.3, 0.4) is 0 Å². The molecule has 0 fully saturated rings. The molecule has 0 heterocycles. The summed E-state index contributed by atoms with van der Waals surface area (Å²) >= 11 is 1.65. The van der Waals surface area contributed by atoms with Gasteiger partial charge in [0.15, 0.2) is 0 Å². The molecule has 0 atom stereocenters. The van der Waals surface area contributed by atoms with Crippen molar-refractivity contribution in [3.05, 3.63) is 0 Å². The summed E-state index contributed by atoms with van der Waals surface area (Å²) in [6, 6.07) is 0. The Balaban J connectivity index is 4.05. The fourth-order valence-electron chi connectivity index (χ4n) is 0.394. The summed E-state index contributed by atoms with van der Waals surface area (Å²) in [4.78, 5) is 23.6. The molecule has 0 aliphatic carbocycles. The Kier molecular flexibility index (Phi) is 6.61. The Labute approximate surface area is 88.0 Å². The van der Waals surface area contributed by atoms with Crippen LogP contribution in [0, 0.1) is 11.5 Å². The van der Waals surface area contributed by atoms with Gasteiger partial charge >= 0.3 is 11.9 Å². The smallest absolute Gasteiger partial charge is 0.313 e. The van der Waals surface area contributed by atoms with E-state index in [0.717, 1.165) is 23.5 Å². The summed E-state index contributed by atoms with van der Waals surface area (Å²) in [6.07, 6.45) is 1.48. The molecule has 0 aromatic heterocycles. The molecular formula is C6H6N2O4S2. The monoisotopic (exact) mass is 234 g/mol. The largest absolute Gasteiger partial charge is 0.481 e. The van der Waals surface area contributed by atoms with E-state index in [0.29, 0.717) is 0 Å². The lowest BCUT2D eigenvalue weighted by atomic mass is 10.8. The molecule has 76 valence electrons. The molecule has 0 radical (unpaired) electrons. The first-order valence-corrected chi connectivity index (χ1v) is 5.19. The Morgan fingerprint density at radius 3 is 1.93 bits per heavy atom. The summed E-state index contributed by atoms with van der Waals surface area (Å²) in [7, 11) is 0. The molecule has 0 aromatic carbocycles. The number of nitriles is 1. The van der Waals surface area contributed by atoms with E-state index in [9.17, 15) is 9.59 Å². The zero-order chi connectivity index (χ0) is 11.0. The van der Waals surface area contributed by atoms with Gasteiger partial charge in [0, 0.05) is 0 Å². The van der Waals surface area contributed by atoms with Gasteiger partial charge in [-0.05, 0) is 0 Å². The minimum Gasteiger partial charge on any atom is -0.481 e. The number of carboxylic acid groups (broad SMARTS) is 2. The van der Waals surface area contributed by atoms with E-state index in [1.165, 1.54) is 6.19 Å². The number of carboxylic acids is 2. The van der Waals surface area contributed by atoms with Gasteiger partial charge in [0.05, 0.1) is 11.5 Å². The van der Waals surface area contributed by atoms with Crippen LogP contribution in [0.1, 0.15) is 0 Å². The minimum absolute atomic E-state index is 0.150. The summed E-state index contributed by atoms with van der Waals surface area (Å²) in [5, 5.41) is 24.9. The second-order valence-electron chi connectivity index (χ2n) is 1.84. The number of aliphatic imine (C=N–C) groups is 1. The van der Waals surface area contributed by atoms with Crippen molar-refractivity contribution < 1.29 is 19.8 Å². The Morgan fingerprint density at radius 1 is 1.21 bits per heavy atom. The van der Waals surface area contributed by atoms with Crippen LogP contribution in [-0.4, -0.2) is 38.0 Å². The molecular weight excluding hydrogens is 228 g/mol. The summed E-state index contributed by atoms with van der Waals surface area (Å²) in [5.74, 6) is -2.58. The zero-order valence-electron chi connectivity index (χ0n) is 6.84. The number of aliphatic carboxylic acids is 2. The van der Waals surface area contributed by atoms with Gasteiger partial charge in [0.25, 0.3) is 0 Å². The number of thioether (sulfide) groups is 2. The van der Waals surface area contributed by atoms with Gasteiger partial charge in [-0.3, -0.25) is 9.59 Å². The van der Waals surface area contributed by atoms with E-state index in [-0.39, 0.29) is 15.9 Å². The Hall–Kier alpha value is -1.20. The maximum atomic E-state index is 10.2. The number of carbonyl (C=O) groups is 2. The van der Waals surface area contributed by atoms with E-state index in [2.05, 4.69) is 4.99 Å². The highest BCUT2D eigenvalue weighted by atomic mass is 32.2. The van der Waals surface area contributed by atoms with Crippen LogP contribution < -0.4 is 0 Å². The predicted molar refractivity (Wildman–Crippen MR) is 53.2 cm³/mol. The number of rotatable bonds is 4. The fourth-order valence-corrected chi connectivity index (χ4v) is 1.79. The number of nitrogens with zero attached hydrogens (tertiary/aromatic N) is 2. The van der Waals surface area contributed by atoms with Crippen molar-refractivity contribution in [1.82, 2.24) is 0 Å². The van der Waals surface area contributed by atoms with Crippen LogP contribution in [0.4, 0.5) is 0 Å². The van der Waals surface area contributed by atoms with Crippen molar-refractivity contribution in [1.29, 1.82) is 5.26 Å². The van der Waals surface area contributed by atoms with Gasteiger partial charge in [0.2, 0.25) is 6.19 Å². The van der Waals surface area contributed by atoms with Crippen LogP contribution in [0.25, 0.3) is 0 Å². The SMILES string of the molecule is N#CN=C(SCC(=O)O)SCC(=O)O. The molecule has 0 saturated heterocycles. The molecule has 0 saturated carbocycles. The second-order valence-corrected chi connectivity index (χ2v) is 4.03. The van der Waals surface area contributed by atoms with Gasteiger partial charge in [0.1, 0.15) is 4.38 Å². The number of hydrogen-bond donors (Lipinski definition) is 2. The van der Waals surface area contributed by atoms with Crippen molar-refractivity contribution >= 4 is 39.8 Å². The molecule has 0 aliphatic rings. The van der Waals surface area contributed by atoms with Gasteiger partial charge in [-0.25, -0.2) is 0 Å². The third kappa shape index (κ3) is 7.45. The lowest BCUT2D eigenvalue weighted by Crippen LogP contribution is -2.04. The zero-order valence-corrected chi connectivity index (χ0v) is 8.47. The molecule has 0 aromatic rings. The highest BCUT2D eigenvalue weighted by Gasteiger charge is 2.07. The molecule has 14 heavy (non-hydrogen) atoms. The third-order valence-electron chi connectivity index (χ3n) is 0.780. The molecule has 0 aliphatic heterocycles. The molecule has 0 spiro atoms. The molecule has 8 heteroatoms. The van der Waals surface area contributed by atoms with Crippen LogP contribution in [0.2, 0.25) is 0 Å². The van der Waals surface area contributed by atoms with Crippen molar-refractivity contribution in [3.63, 3.8) is 0 Å². The highest BCUT2D eigenvalue weighted by Crippen LogP contribution is 2.16.